The lowest BCUT2D eigenvalue weighted by Gasteiger charge is -2.14. The number of hydrogen-bond acceptors (Lipinski definition) is 4. The minimum absolute atomic E-state index is 0.604. The molecule has 0 saturated carbocycles. The van der Waals surface area contributed by atoms with Crippen molar-refractivity contribution >= 4 is 0 Å². The quantitative estimate of drug-likeness (QED) is 0.785. The molecule has 0 radical (unpaired) electrons. The highest BCUT2D eigenvalue weighted by Crippen LogP contribution is 2.07. The maximum absolute atomic E-state index is 5.42. The van der Waals surface area contributed by atoms with E-state index in [4.69, 9.17) is 4.42 Å². The van der Waals surface area contributed by atoms with Crippen molar-refractivity contribution in [2.24, 2.45) is 0 Å². The molecule has 2 rings (SSSR count). The Morgan fingerprint density at radius 3 is 3.27 bits per heavy atom. The van der Waals surface area contributed by atoms with E-state index in [1.165, 1.54) is 19.3 Å². The van der Waals surface area contributed by atoms with Gasteiger partial charge in [0, 0.05) is 6.04 Å². The molecule has 1 saturated heterocycles. The van der Waals surface area contributed by atoms with Gasteiger partial charge in [0.1, 0.15) is 5.76 Å². The lowest BCUT2D eigenvalue weighted by Crippen LogP contribution is -2.29. The van der Waals surface area contributed by atoms with Crippen molar-refractivity contribution in [3.63, 3.8) is 0 Å². The number of nitrogens with zero attached hydrogens (tertiary/aromatic N) is 1. The average molecular weight is 209 g/mol. The number of hydrogen-bond donors (Lipinski definition) is 2. The molecule has 1 aliphatic rings. The van der Waals surface area contributed by atoms with Crippen LogP contribution in [0.1, 0.15) is 30.9 Å². The van der Waals surface area contributed by atoms with Gasteiger partial charge in [-0.05, 0) is 39.3 Å². The number of rotatable bonds is 3. The van der Waals surface area contributed by atoms with E-state index in [0.29, 0.717) is 6.04 Å². The minimum Gasteiger partial charge on any atom is -0.445 e. The van der Waals surface area contributed by atoms with Crippen LogP contribution in [-0.4, -0.2) is 24.1 Å². The molecule has 1 aromatic rings. The van der Waals surface area contributed by atoms with Gasteiger partial charge in [-0.1, -0.05) is 0 Å². The van der Waals surface area contributed by atoms with Crippen LogP contribution in [0, 0.1) is 6.92 Å². The van der Waals surface area contributed by atoms with E-state index in [9.17, 15) is 0 Å². The number of nitrogens with one attached hydrogen (secondary N) is 2. The predicted molar refractivity (Wildman–Crippen MR) is 58.6 cm³/mol. The molecule has 2 heterocycles. The summed E-state index contributed by atoms with van der Waals surface area (Å²) in [6, 6.07) is 0.604. The molecule has 0 aliphatic carbocycles. The van der Waals surface area contributed by atoms with Crippen LogP contribution in [0.5, 0.6) is 0 Å². The van der Waals surface area contributed by atoms with Gasteiger partial charge in [-0.3, -0.25) is 0 Å². The zero-order valence-corrected chi connectivity index (χ0v) is 9.25. The highest BCUT2D eigenvalue weighted by molar-refractivity contribution is 4.90. The highest BCUT2D eigenvalue weighted by atomic mass is 16.4. The van der Waals surface area contributed by atoms with Gasteiger partial charge in [0.25, 0.3) is 0 Å². The Labute approximate surface area is 90.5 Å². The van der Waals surface area contributed by atoms with Crippen molar-refractivity contribution < 1.29 is 4.42 Å². The third-order valence-electron chi connectivity index (χ3n) is 2.79. The maximum atomic E-state index is 5.42. The summed E-state index contributed by atoms with van der Waals surface area (Å²) < 4.78 is 5.42. The predicted octanol–water partition coefficient (Wildman–Crippen LogP) is 1.21. The Bertz CT molecular complexity index is 290. The Morgan fingerprint density at radius 1 is 1.53 bits per heavy atom. The van der Waals surface area contributed by atoms with Crippen molar-refractivity contribution in [1.29, 1.82) is 0 Å². The SMILES string of the molecule is Cc1cnc(CNC2CCCNCC2)o1. The molecule has 84 valence electrons. The molecule has 1 aliphatic heterocycles. The fourth-order valence-corrected chi connectivity index (χ4v) is 1.94. The smallest absolute Gasteiger partial charge is 0.208 e. The molecular formula is C11H19N3O. The monoisotopic (exact) mass is 209 g/mol. The van der Waals surface area contributed by atoms with Crippen LogP contribution >= 0.6 is 0 Å². The normalized spacial score (nSPS) is 22.6. The van der Waals surface area contributed by atoms with Gasteiger partial charge < -0.3 is 15.1 Å². The Hall–Kier alpha value is -0.870. The Morgan fingerprint density at radius 2 is 2.47 bits per heavy atom. The van der Waals surface area contributed by atoms with Crippen LogP contribution in [0.3, 0.4) is 0 Å². The second-order valence-corrected chi connectivity index (χ2v) is 4.12. The lowest BCUT2D eigenvalue weighted by molar-refractivity contribution is 0.404. The van der Waals surface area contributed by atoms with Gasteiger partial charge in [-0.25, -0.2) is 4.98 Å². The summed E-state index contributed by atoms with van der Waals surface area (Å²) in [5, 5.41) is 6.90. The Balaban J connectivity index is 1.76. The van der Waals surface area contributed by atoms with Crippen LogP contribution in [0.4, 0.5) is 0 Å². The highest BCUT2D eigenvalue weighted by Gasteiger charge is 2.11. The van der Waals surface area contributed by atoms with Gasteiger partial charge in [-0.2, -0.15) is 0 Å². The maximum Gasteiger partial charge on any atom is 0.208 e. The molecule has 4 nitrogen and oxygen atoms in total. The van der Waals surface area contributed by atoms with E-state index in [0.717, 1.165) is 31.3 Å². The Kier molecular flexibility index (Phi) is 3.75. The summed E-state index contributed by atoms with van der Waals surface area (Å²) in [6.45, 7) is 4.93. The second-order valence-electron chi connectivity index (χ2n) is 4.12. The van der Waals surface area contributed by atoms with Crippen LogP contribution in [0.2, 0.25) is 0 Å². The van der Waals surface area contributed by atoms with E-state index < -0.39 is 0 Å². The van der Waals surface area contributed by atoms with Crippen LogP contribution in [0.25, 0.3) is 0 Å². The van der Waals surface area contributed by atoms with Crippen molar-refractivity contribution in [2.75, 3.05) is 13.1 Å². The minimum atomic E-state index is 0.604. The molecule has 0 spiro atoms. The van der Waals surface area contributed by atoms with Crippen molar-refractivity contribution in [3.05, 3.63) is 17.8 Å². The van der Waals surface area contributed by atoms with Crippen LogP contribution in [-0.2, 0) is 6.54 Å². The van der Waals surface area contributed by atoms with Gasteiger partial charge in [0.15, 0.2) is 0 Å². The van der Waals surface area contributed by atoms with Crippen LogP contribution < -0.4 is 10.6 Å². The topological polar surface area (TPSA) is 50.1 Å². The standard InChI is InChI=1S/C11H19N3O/c1-9-7-14-11(15-9)8-13-10-3-2-5-12-6-4-10/h7,10,12-13H,2-6,8H2,1H3. The fraction of sp³-hybridized carbons (Fsp3) is 0.727. The first kappa shape index (κ1) is 10.6. The molecule has 0 amide bonds. The van der Waals surface area contributed by atoms with E-state index >= 15 is 0 Å². The van der Waals surface area contributed by atoms with Gasteiger partial charge in [0.05, 0.1) is 12.7 Å². The molecule has 1 fully saturated rings. The zero-order chi connectivity index (χ0) is 10.5. The molecule has 0 bridgehead atoms. The first-order valence-corrected chi connectivity index (χ1v) is 5.70. The molecule has 1 atom stereocenters. The number of oxazole rings is 1. The molecule has 0 aromatic carbocycles. The molecule has 1 aromatic heterocycles. The lowest BCUT2D eigenvalue weighted by atomic mass is 10.1. The second kappa shape index (κ2) is 5.28. The summed E-state index contributed by atoms with van der Waals surface area (Å²) in [7, 11) is 0. The molecule has 1 unspecified atom stereocenters. The van der Waals surface area contributed by atoms with E-state index in [1.807, 2.05) is 6.92 Å². The van der Waals surface area contributed by atoms with Gasteiger partial charge >= 0.3 is 0 Å². The number of aryl methyl sites for hydroxylation is 1. The van der Waals surface area contributed by atoms with E-state index in [2.05, 4.69) is 15.6 Å². The summed E-state index contributed by atoms with van der Waals surface area (Å²) in [4.78, 5) is 4.18. The summed E-state index contributed by atoms with van der Waals surface area (Å²) >= 11 is 0. The summed E-state index contributed by atoms with van der Waals surface area (Å²) in [5.74, 6) is 1.68. The van der Waals surface area contributed by atoms with E-state index in [1.54, 1.807) is 6.20 Å². The van der Waals surface area contributed by atoms with E-state index in [-0.39, 0.29) is 0 Å². The van der Waals surface area contributed by atoms with Crippen LogP contribution in [0.15, 0.2) is 10.6 Å². The first-order chi connectivity index (χ1) is 7.34. The molecular weight excluding hydrogens is 190 g/mol. The third kappa shape index (κ3) is 3.32. The largest absolute Gasteiger partial charge is 0.445 e. The van der Waals surface area contributed by atoms with Crippen molar-refractivity contribution in [3.8, 4) is 0 Å². The summed E-state index contributed by atoms with van der Waals surface area (Å²) in [6.07, 6.45) is 5.46. The molecule has 4 heteroatoms. The molecule has 15 heavy (non-hydrogen) atoms. The first-order valence-electron chi connectivity index (χ1n) is 5.70. The fourth-order valence-electron chi connectivity index (χ4n) is 1.94. The number of aromatic nitrogens is 1. The third-order valence-corrected chi connectivity index (χ3v) is 2.79. The van der Waals surface area contributed by atoms with Crippen molar-refractivity contribution in [1.82, 2.24) is 15.6 Å². The van der Waals surface area contributed by atoms with Gasteiger partial charge in [0.2, 0.25) is 5.89 Å². The summed E-state index contributed by atoms with van der Waals surface area (Å²) in [5.41, 5.74) is 0. The molecule has 2 N–H and O–H groups in total. The van der Waals surface area contributed by atoms with Gasteiger partial charge in [-0.15, -0.1) is 0 Å². The van der Waals surface area contributed by atoms with Crippen molar-refractivity contribution in [2.45, 2.75) is 38.8 Å². The average Bonchev–Trinajstić information content (AvgIpc) is 2.52. The zero-order valence-electron chi connectivity index (χ0n) is 9.25.